The Morgan fingerprint density at radius 2 is 2.28 bits per heavy atom. The summed E-state index contributed by atoms with van der Waals surface area (Å²) in [4.78, 5) is 4.41. The van der Waals surface area contributed by atoms with Crippen molar-refractivity contribution in [1.82, 2.24) is 14.8 Å². The summed E-state index contributed by atoms with van der Waals surface area (Å²) in [5, 5.41) is 4.18. The van der Waals surface area contributed by atoms with Crippen LogP contribution in [-0.4, -0.2) is 21.9 Å². The van der Waals surface area contributed by atoms with Crippen LogP contribution in [0.2, 0.25) is 0 Å². The SMILES string of the molecule is COc1cnc2c(c1)OC(c1cnn(C)c1)C2I. The van der Waals surface area contributed by atoms with Gasteiger partial charge >= 0.3 is 0 Å². The highest BCUT2D eigenvalue weighted by atomic mass is 127. The highest BCUT2D eigenvalue weighted by molar-refractivity contribution is 14.1. The first-order chi connectivity index (χ1) is 8.69. The minimum atomic E-state index is -0.0334. The summed E-state index contributed by atoms with van der Waals surface area (Å²) in [5.41, 5.74) is 2.03. The lowest BCUT2D eigenvalue weighted by atomic mass is 10.1. The molecule has 0 bridgehead atoms. The quantitative estimate of drug-likeness (QED) is 0.612. The predicted octanol–water partition coefficient (Wildman–Crippen LogP) is 2.43. The van der Waals surface area contributed by atoms with E-state index >= 15 is 0 Å². The third kappa shape index (κ3) is 1.84. The summed E-state index contributed by atoms with van der Waals surface area (Å²) >= 11 is 2.36. The van der Waals surface area contributed by atoms with Crippen LogP contribution in [0, 0.1) is 0 Å². The maximum Gasteiger partial charge on any atom is 0.146 e. The van der Waals surface area contributed by atoms with Gasteiger partial charge in [-0.3, -0.25) is 9.67 Å². The number of alkyl halides is 1. The fourth-order valence-corrected chi connectivity index (χ4v) is 3.04. The van der Waals surface area contributed by atoms with Gasteiger partial charge in [0.05, 0.1) is 29.1 Å². The molecule has 18 heavy (non-hydrogen) atoms. The Hall–Kier alpha value is -1.31. The van der Waals surface area contributed by atoms with Crippen molar-refractivity contribution in [2.75, 3.05) is 7.11 Å². The van der Waals surface area contributed by atoms with Gasteiger partial charge in [-0.1, -0.05) is 22.6 Å². The van der Waals surface area contributed by atoms with Crippen LogP contribution in [0.5, 0.6) is 11.5 Å². The van der Waals surface area contributed by atoms with Crippen molar-refractivity contribution >= 4 is 22.6 Å². The summed E-state index contributed by atoms with van der Waals surface area (Å²) < 4.78 is 13.1. The molecule has 0 N–H and O–H groups in total. The molecule has 2 unspecified atom stereocenters. The Morgan fingerprint density at radius 1 is 1.44 bits per heavy atom. The van der Waals surface area contributed by atoms with E-state index in [1.165, 1.54) is 0 Å². The number of fused-ring (bicyclic) bond motifs is 1. The number of nitrogens with zero attached hydrogens (tertiary/aromatic N) is 3. The van der Waals surface area contributed by atoms with Crippen molar-refractivity contribution in [3.63, 3.8) is 0 Å². The van der Waals surface area contributed by atoms with Crippen LogP contribution in [-0.2, 0) is 7.05 Å². The molecule has 0 aliphatic carbocycles. The maximum absolute atomic E-state index is 5.96. The van der Waals surface area contributed by atoms with Crippen LogP contribution in [0.15, 0.2) is 24.7 Å². The van der Waals surface area contributed by atoms with Crippen molar-refractivity contribution in [3.8, 4) is 11.5 Å². The van der Waals surface area contributed by atoms with Gasteiger partial charge in [-0.15, -0.1) is 0 Å². The van der Waals surface area contributed by atoms with Gasteiger partial charge in [-0.25, -0.2) is 0 Å². The Bertz CT molecular complexity index is 584. The highest BCUT2D eigenvalue weighted by Crippen LogP contribution is 2.49. The van der Waals surface area contributed by atoms with Gasteiger partial charge in [-0.2, -0.15) is 5.10 Å². The van der Waals surface area contributed by atoms with Gasteiger partial charge in [0.25, 0.3) is 0 Å². The van der Waals surface area contributed by atoms with Gasteiger partial charge in [0.1, 0.15) is 17.6 Å². The molecule has 3 rings (SSSR count). The van der Waals surface area contributed by atoms with Crippen LogP contribution < -0.4 is 9.47 Å². The smallest absolute Gasteiger partial charge is 0.146 e. The minimum Gasteiger partial charge on any atom is -0.495 e. The number of hydrogen-bond acceptors (Lipinski definition) is 4. The van der Waals surface area contributed by atoms with E-state index in [-0.39, 0.29) is 10.0 Å². The average Bonchev–Trinajstić information content (AvgIpc) is 2.93. The van der Waals surface area contributed by atoms with E-state index in [2.05, 4.69) is 32.7 Å². The molecule has 0 saturated carbocycles. The van der Waals surface area contributed by atoms with Gasteiger partial charge in [0.15, 0.2) is 0 Å². The van der Waals surface area contributed by atoms with Crippen LogP contribution in [0.25, 0.3) is 0 Å². The Kier molecular flexibility index (Phi) is 2.89. The van der Waals surface area contributed by atoms with Crippen LogP contribution in [0.4, 0.5) is 0 Å². The molecule has 0 saturated heterocycles. The normalized spacial score (nSPS) is 21.5. The van der Waals surface area contributed by atoms with Crippen LogP contribution in [0.3, 0.4) is 0 Å². The van der Waals surface area contributed by atoms with Gasteiger partial charge in [0, 0.05) is 24.9 Å². The second kappa shape index (κ2) is 4.42. The predicted molar refractivity (Wildman–Crippen MR) is 74.1 cm³/mol. The molecular formula is C12H12IN3O2. The molecule has 1 aliphatic heterocycles. The molecule has 1 aliphatic rings. The summed E-state index contributed by atoms with van der Waals surface area (Å²) in [5.74, 6) is 1.51. The number of aryl methyl sites for hydroxylation is 1. The summed E-state index contributed by atoms with van der Waals surface area (Å²) in [7, 11) is 3.52. The third-order valence-electron chi connectivity index (χ3n) is 2.93. The van der Waals surface area contributed by atoms with E-state index in [0.717, 1.165) is 17.0 Å². The molecule has 0 spiro atoms. The lowest BCUT2D eigenvalue weighted by molar-refractivity contribution is 0.239. The lowest BCUT2D eigenvalue weighted by Gasteiger charge is -2.11. The fraction of sp³-hybridized carbons (Fsp3) is 0.333. The summed E-state index contributed by atoms with van der Waals surface area (Å²) in [6.07, 6.45) is 5.49. The first-order valence-corrected chi connectivity index (χ1v) is 6.77. The van der Waals surface area contributed by atoms with Crippen LogP contribution >= 0.6 is 22.6 Å². The molecule has 2 aromatic heterocycles. The van der Waals surface area contributed by atoms with Crippen molar-refractivity contribution in [2.24, 2.45) is 7.05 Å². The zero-order valence-electron chi connectivity index (χ0n) is 10.0. The molecule has 2 atom stereocenters. The number of pyridine rings is 1. The standard InChI is InChI=1S/C12H12IN3O2/c1-16-6-7(4-15-16)12-10(13)11-9(18-12)3-8(17-2)5-14-11/h3-6,10,12H,1-2H3. The molecule has 0 fully saturated rings. The summed E-state index contributed by atoms with van der Waals surface area (Å²) in [6.45, 7) is 0. The minimum absolute atomic E-state index is 0.0334. The Morgan fingerprint density at radius 3 is 2.94 bits per heavy atom. The lowest BCUT2D eigenvalue weighted by Crippen LogP contribution is -2.04. The maximum atomic E-state index is 5.96. The first-order valence-electron chi connectivity index (χ1n) is 5.52. The Balaban J connectivity index is 1.95. The van der Waals surface area contributed by atoms with E-state index in [4.69, 9.17) is 9.47 Å². The van der Waals surface area contributed by atoms with E-state index in [0.29, 0.717) is 5.75 Å². The molecule has 94 valence electrons. The van der Waals surface area contributed by atoms with Gasteiger partial charge in [0.2, 0.25) is 0 Å². The second-order valence-corrected chi connectivity index (χ2v) is 5.49. The largest absolute Gasteiger partial charge is 0.495 e. The van der Waals surface area contributed by atoms with E-state index in [1.807, 2.05) is 25.5 Å². The number of hydrogen-bond donors (Lipinski definition) is 0. The van der Waals surface area contributed by atoms with Gasteiger partial charge < -0.3 is 9.47 Å². The molecule has 3 heterocycles. The molecule has 5 nitrogen and oxygen atoms in total. The first kappa shape index (κ1) is 11.8. The van der Waals surface area contributed by atoms with Crippen molar-refractivity contribution in [1.29, 1.82) is 0 Å². The highest BCUT2D eigenvalue weighted by Gasteiger charge is 2.36. The Labute approximate surface area is 118 Å². The molecule has 0 aromatic carbocycles. The molecule has 6 heteroatoms. The van der Waals surface area contributed by atoms with Crippen molar-refractivity contribution in [3.05, 3.63) is 35.9 Å². The zero-order valence-corrected chi connectivity index (χ0v) is 12.2. The molecule has 2 aromatic rings. The average molecular weight is 357 g/mol. The molecule has 0 radical (unpaired) electrons. The third-order valence-corrected chi connectivity index (χ3v) is 4.17. The number of ether oxygens (including phenoxy) is 2. The monoisotopic (exact) mass is 357 g/mol. The van der Waals surface area contributed by atoms with Crippen LogP contribution in [0.1, 0.15) is 21.3 Å². The number of halogens is 1. The number of methoxy groups -OCH3 is 1. The van der Waals surface area contributed by atoms with Crippen molar-refractivity contribution in [2.45, 2.75) is 10.0 Å². The van der Waals surface area contributed by atoms with Gasteiger partial charge in [-0.05, 0) is 0 Å². The fourth-order valence-electron chi connectivity index (χ4n) is 2.01. The summed E-state index contributed by atoms with van der Waals surface area (Å²) in [6, 6.07) is 1.88. The molecule has 0 amide bonds. The second-order valence-electron chi connectivity index (χ2n) is 4.15. The zero-order chi connectivity index (χ0) is 12.7. The number of rotatable bonds is 2. The van der Waals surface area contributed by atoms with E-state index < -0.39 is 0 Å². The molecular weight excluding hydrogens is 345 g/mol. The van der Waals surface area contributed by atoms with Crippen molar-refractivity contribution < 1.29 is 9.47 Å². The van der Waals surface area contributed by atoms with E-state index in [1.54, 1.807) is 18.0 Å². The van der Waals surface area contributed by atoms with E-state index in [9.17, 15) is 0 Å². The topological polar surface area (TPSA) is 49.2 Å². The number of aromatic nitrogens is 3.